The Morgan fingerprint density at radius 2 is 1.73 bits per heavy atom. The Labute approximate surface area is 179 Å². The van der Waals surface area contributed by atoms with Gasteiger partial charge in [-0.05, 0) is 49.1 Å². The molecule has 2 N–H and O–H groups in total. The maximum Gasteiger partial charge on any atom is 0.191 e. The number of hydrogen-bond acceptors (Lipinski definition) is 4. The fourth-order valence-corrected chi connectivity index (χ4v) is 3.73. The van der Waals surface area contributed by atoms with E-state index in [9.17, 15) is 0 Å². The van der Waals surface area contributed by atoms with Crippen molar-refractivity contribution in [1.29, 1.82) is 0 Å². The first-order valence-electron chi connectivity index (χ1n) is 10.6. The lowest BCUT2D eigenvalue weighted by Gasteiger charge is -2.38. The van der Waals surface area contributed by atoms with Crippen molar-refractivity contribution in [2.24, 2.45) is 4.99 Å². The molecule has 0 aromatic heterocycles. The van der Waals surface area contributed by atoms with Gasteiger partial charge < -0.3 is 24.8 Å². The molecule has 1 aliphatic heterocycles. The van der Waals surface area contributed by atoms with Crippen molar-refractivity contribution in [3.05, 3.63) is 60.2 Å². The number of guanidine groups is 1. The second-order valence-corrected chi connectivity index (χ2v) is 7.49. The van der Waals surface area contributed by atoms with Gasteiger partial charge in [0, 0.05) is 38.8 Å². The molecule has 0 saturated carbocycles. The van der Waals surface area contributed by atoms with Crippen LogP contribution in [0.1, 0.15) is 24.8 Å². The summed E-state index contributed by atoms with van der Waals surface area (Å²) in [7, 11) is 3.50. The van der Waals surface area contributed by atoms with Gasteiger partial charge in [-0.25, -0.2) is 0 Å². The third-order valence-corrected chi connectivity index (χ3v) is 5.60. The van der Waals surface area contributed by atoms with Crippen molar-refractivity contribution in [3.63, 3.8) is 0 Å². The van der Waals surface area contributed by atoms with Gasteiger partial charge in [-0.15, -0.1) is 0 Å². The molecule has 0 spiro atoms. The summed E-state index contributed by atoms with van der Waals surface area (Å²) in [5, 5.41) is 6.92. The highest BCUT2D eigenvalue weighted by atomic mass is 16.5. The van der Waals surface area contributed by atoms with Gasteiger partial charge in [0.15, 0.2) is 5.96 Å². The average Bonchev–Trinajstić information content (AvgIpc) is 2.82. The molecular formula is C24H33N3O3. The molecule has 1 fully saturated rings. The predicted molar refractivity (Wildman–Crippen MR) is 121 cm³/mol. The van der Waals surface area contributed by atoms with Crippen LogP contribution in [0.5, 0.6) is 11.5 Å². The largest absolute Gasteiger partial charge is 0.497 e. The van der Waals surface area contributed by atoms with E-state index in [-0.39, 0.29) is 5.41 Å². The fourth-order valence-electron chi connectivity index (χ4n) is 3.73. The Bertz CT molecular complexity index is 772. The number of ether oxygens (including phenoxy) is 3. The summed E-state index contributed by atoms with van der Waals surface area (Å²) in [6.45, 7) is 3.82. The number of hydrogen-bond donors (Lipinski definition) is 2. The van der Waals surface area contributed by atoms with Gasteiger partial charge >= 0.3 is 0 Å². The molecule has 2 aromatic rings. The van der Waals surface area contributed by atoms with E-state index in [1.807, 2.05) is 42.5 Å². The first-order valence-corrected chi connectivity index (χ1v) is 10.6. The first-order chi connectivity index (χ1) is 14.8. The van der Waals surface area contributed by atoms with Crippen LogP contribution in [0.3, 0.4) is 0 Å². The normalized spacial score (nSPS) is 16.0. The van der Waals surface area contributed by atoms with Gasteiger partial charge in [0.25, 0.3) is 0 Å². The lowest BCUT2D eigenvalue weighted by atomic mass is 9.74. The van der Waals surface area contributed by atoms with E-state index in [1.54, 1.807) is 14.2 Å². The Morgan fingerprint density at radius 1 is 1.00 bits per heavy atom. The van der Waals surface area contributed by atoms with E-state index in [0.29, 0.717) is 6.61 Å². The predicted octanol–water partition coefficient (Wildman–Crippen LogP) is 3.38. The summed E-state index contributed by atoms with van der Waals surface area (Å²) in [4.78, 5) is 4.38. The molecule has 1 saturated heterocycles. The van der Waals surface area contributed by atoms with Gasteiger partial charge in [-0.3, -0.25) is 4.99 Å². The number of para-hydroxylation sites is 1. The van der Waals surface area contributed by atoms with Crippen LogP contribution >= 0.6 is 0 Å². The summed E-state index contributed by atoms with van der Waals surface area (Å²) in [5.41, 5.74) is 1.34. The maximum atomic E-state index is 5.74. The zero-order valence-corrected chi connectivity index (χ0v) is 18.0. The van der Waals surface area contributed by atoms with Gasteiger partial charge in [0.2, 0.25) is 0 Å². The van der Waals surface area contributed by atoms with Crippen molar-refractivity contribution in [1.82, 2.24) is 10.6 Å². The van der Waals surface area contributed by atoms with Crippen LogP contribution in [-0.2, 0) is 10.2 Å². The van der Waals surface area contributed by atoms with Crippen LogP contribution in [0.15, 0.2) is 59.6 Å². The molecule has 0 unspecified atom stereocenters. The number of nitrogens with zero attached hydrogens (tertiary/aromatic N) is 1. The summed E-state index contributed by atoms with van der Waals surface area (Å²) in [6.07, 6.45) is 2.86. The van der Waals surface area contributed by atoms with Crippen LogP contribution in [0.4, 0.5) is 0 Å². The van der Waals surface area contributed by atoms with Crippen LogP contribution in [0, 0.1) is 0 Å². The van der Waals surface area contributed by atoms with Crippen molar-refractivity contribution in [3.8, 4) is 11.5 Å². The van der Waals surface area contributed by atoms with Crippen molar-refractivity contribution >= 4 is 5.96 Å². The summed E-state index contributed by atoms with van der Waals surface area (Å²) in [6, 6.07) is 18.3. The SMILES string of the molecule is CN=C(NCCCOc1ccccc1)NCC1(c2ccc(OC)cc2)CCOCC1. The number of methoxy groups -OCH3 is 1. The Hall–Kier alpha value is -2.73. The molecule has 0 radical (unpaired) electrons. The molecule has 6 heteroatoms. The Morgan fingerprint density at radius 3 is 2.40 bits per heavy atom. The lowest BCUT2D eigenvalue weighted by Crippen LogP contribution is -2.48. The minimum atomic E-state index is 0.0264. The van der Waals surface area contributed by atoms with E-state index in [0.717, 1.165) is 63.0 Å². The summed E-state index contributed by atoms with van der Waals surface area (Å²) in [5.74, 6) is 2.60. The molecule has 0 bridgehead atoms. The molecule has 0 atom stereocenters. The lowest BCUT2D eigenvalue weighted by molar-refractivity contribution is 0.0513. The highest BCUT2D eigenvalue weighted by molar-refractivity contribution is 5.79. The number of benzene rings is 2. The second kappa shape index (κ2) is 11.5. The average molecular weight is 412 g/mol. The highest BCUT2D eigenvalue weighted by Gasteiger charge is 2.34. The van der Waals surface area contributed by atoms with Gasteiger partial charge in [-0.2, -0.15) is 0 Å². The highest BCUT2D eigenvalue weighted by Crippen LogP contribution is 2.35. The molecule has 1 heterocycles. The molecule has 0 amide bonds. The monoisotopic (exact) mass is 411 g/mol. The Balaban J connectivity index is 1.49. The van der Waals surface area contributed by atoms with E-state index in [1.165, 1.54) is 5.56 Å². The van der Waals surface area contributed by atoms with Crippen molar-refractivity contribution in [2.75, 3.05) is 47.1 Å². The molecular weight excluding hydrogens is 378 g/mol. The minimum absolute atomic E-state index is 0.0264. The molecule has 0 aliphatic carbocycles. The summed E-state index contributed by atoms with van der Waals surface area (Å²) < 4.78 is 16.7. The minimum Gasteiger partial charge on any atom is -0.497 e. The Kier molecular flexibility index (Phi) is 8.39. The summed E-state index contributed by atoms with van der Waals surface area (Å²) >= 11 is 0. The third-order valence-electron chi connectivity index (χ3n) is 5.60. The van der Waals surface area contributed by atoms with Crippen LogP contribution < -0.4 is 20.1 Å². The van der Waals surface area contributed by atoms with E-state index >= 15 is 0 Å². The number of aliphatic imine (C=N–C) groups is 1. The standard InChI is InChI=1S/C24H33N3O3/c1-25-23(26-15-6-16-30-22-7-4-3-5-8-22)27-19-24(13-17-29-18-14-24)20-9-11-21(28-2)12-10-20/h3-5,7-12H,6,13-19H2,1-2H3,(H2,25,26,27). The van der Waals surface area contributed by atoms with Crippen LogP contribution in [-0.4, -0.2) is 53.0 Å². The quantitative estimate of drug-likeness (QED) is 0.376. The number of rotatable bonds is 9. The van der Waals surface area contributed by atoms with Gasteiger partial charge in [-0.1, -0.05) is 30.3 Å². The van der Waals surface area contributed by atoms with Crippen molar-refractivity contribution in [2.45, 2.75) is 24.7 Å². The van der Waals surface area contributed by atoms with E-state index < -0.39 is 0 Å². The van der Waals surface area contributed by atoms with Crippen LogP contribution in [0.25, 0.3) is 0 Å². The van der Waals surface area contributed by atoms with Crippen LogP contribution in [0.2, 0.25) is 0 Å². The first kappa shape index (κ1) is 22.0. The number of nitrogens with one attached hydrogen (secondary N) is 2. The van der Waals surface area contributed by atoms with E-state index in [4.69, 9.17) is 14.2 Å². The molecule has 30 heavy (non-hydrogen) atoms. The maximum absolute atomic E-state index is 5.74. The fraction of sp³-hybridized carbons (Fsp3) is 0.458. The van der Waals surface area contributed by atoms with Gasteiger partial charge in [0.05, 0.1) is 13.7 Å². The zero-order valence-electron chi connectivity index (χ0n) is 18.0. The zero-order chi connectivity index (χ0) is 21.1. The second-order valence-electron chi connectivity index (χ2n) is 7.49. The smallest absolute Gasteiger partial charge is 0.191 e. The molecule has 6 nitrogen and oxygen atoms in total. The topological polar surface area (TPSA) is 64.1 Å². The molecule has 2 aromatic carbocycles. The molecule has 162 valence electrons. The van der Waals surface area contributed by atoms with Crippen molar-refractivity contribution < 1.29 is 14.2 Å². The third kappa shape index (κ3) is 6.13. The van der Waals surface area contributed by atoms with E-state index in [2.05, 4.69) is 27.8 Å². The molecule has 3 rings (SSSR count). The molecule has 1 aliphatic rings. The van der Waals surface area contributed by atoms with Gasteiger partial charge in [0.1, 0.15) is 11.5 Å².